The molecule has 20 heavy (non-hydrogen) atoms. The topological polar surface area (TPSA) is 22.3 Å². The van der Waals surface area contributed by atoms with E-state index in [1.807, 2.05) is 0 Å². The average molecular weight is 266 g/mol. The molecule has 0 saturated heterocycles. The van der Waals surface area contributed by atoms with Gasteiger partial charge < -0.3 is 9.47 Å². The number of pyridine rings is 1. The summed E-state index contributed by atoms with van der Waals surface area (Å²) in [4.78, 5) is 0. The molecule has 1 aliphatic rings. The quantitative estimate of drug-likeness (QED) is 0.525. The van der Waals surface area contributed by atoms with Crippen molar-refractivity contribution in [1.29, 1.82) is 0 Å². The summed E-state index contributed by atoms with van der Waals surface area (Å²) >= 11 is 0. The van der Waals surface area contributed by atoms with Crippen LogP contribution in [-0.2, 0) is 13.0 Å². The van der Waals surface area contributed by atoms with E-state index in [-0.39, 0.29) is 0 Å². The lowest BCUT2D eigenvalue weighted by Gasteiger charge is -2.09. The molecule has 100 valence electrons. The summed E-state index contributed by atoms with van der Waals surface area (Å²) in [5.74, 6) is 1.56. The first-order chi connectivity index (χ1) is 9.81. The molecule has 0 spiro atoms. The maximum absolute atomic E-state index is 5.44. The predicted octanol–water partition coefficient (Wildman–Crippen LogP) is 2.85. The van der Waals surface area contributed by atoms with Crippen LogP contribution in [0.25, 0.3) is 21.7 Å². The molecule has 0 radical (unpaired) electrons. The predicted molar refractivity (Wildman–Crippen MR) is 78.5 cm³/mol. The summed E-state index contributed by atoms with van der Waals surface area (Å²) in [7, 11) is 3.35. The fourth-order valence-corrected chi connectivity index (χ4v) is 3.23. The van der Waals surface area contributed by atoms with Gasteiger partial charge in [0, 0.05) is 17.4 Å². The molecule has 0 atom stereocenters. The molecule has 3 heteroatoms. The summed E-state index contributed by atoms with van der Waals surface area (Å²) < 4.78 is 13.2. The third kappa shape index (κ3) is 1.43. The Bertz CT molecular complexity index is 839. The fourth-order valence-electron chi connectivity index (χ4n) is 3.23. The maximum Gasteiger partial charge on any atom is 0.216 e. The Morgan fingerprint density at radius 1 is 1.00 bits per heavy atom. The SMILES string of the molecule is COc1cc2c[n+]3c4c(cccc4c2cc1OC)CC3. The minimum absolute atomic E-state index is 0.779. The summed E-state index contributed by atoms with van der Waals surface area (Å²) in [6.07, 6.45) is 3.33. The van der Waals surface area contributed by atoms with E-state index in [4.69, 9.17) is 9.47 Å². The Hall–Kier alpha value is -2.29. The molecule has 0 bridgehead atoms. The highest BCUT2D eigenvalue weighted by molar-refractivity contribution is 6.06. The number of fused-ring (bicyclic) bond motifs is 2. The van der Waals surface area contributed by atoms with Gasteiger partial charge in [0.25, 0.3) is 0 Å². The highest BCUT2D eigenvalue weighted by atomic mass is 16.5. The van der Waals surface area contributed by atoms with Gasteiger partial charge in [-0.15, -0.1) is 0 Å². The lowest BCUT2D eigenvalue weighted by atomic mass is 10.0. The van der Waals surface area contributed by atoms with Gasteiger partial charge in [-0.2, -0.15) is 4.57 Å². The van der Waals surface area contributed by atoms with Crippen LogP contribution in [0, 0.1) is 0 Å². The molecule has 1 aliphatic heterocycles. The zero-order valence-electron chi connectivity index (χ0n) is 11.6. The van der Waals surface area contributed by atoms with Crippen molar-refractivity contribution in [3.63, 3.8) is 0 Å². The molecule has 0 saturated carbocycles. The van der Waals surface area contributed by atoms with Gasteiger partial charge in [0.2, 0.25) is 5.52 Å². The Morgan fingerprint density at radius 2 is 1.80 bits per heavy atom. The van der Waals surface area contributed by atoms with E-state index < -0.39 is 0 Å². The minimum atomic E-state index is 0.779. The number of ether oxygens (including phenoxy) is 2. The molecule has 2 heterocycles. The zero-order chi connectivity index (χ0) is 13.7. The minimum Gasteiger partial charge on any atom is -0.493 e. The van der Waals surface area contributed by atoms with Gasteiger partial charge in [-0.3, -0.25) is 0 Å². The lowest BCUT2D eigenvalue weighted by Crippen LogP contribution is -2.30. The van der Waals surface area contributed by atoms with Crippen molar-refractivity contribution in [2.45, 2.75) is 13.0 Å². The first-order valence-electron chi connectivity index (χ1n) is 6.81. The third-order valence-corrected chi connectivity index (χ3v) is 4.17. The second-order valence-corrected chi connectivity index (χ2v) is 5.18. The molecule has 4 rings (SSSR count). The Kier molecular flexibility index (Phi) is 2.36. The van der Waals surface area contributed by atoms with Crippen molar-refractivity contribution >= 4 is 21.7 Å². The van der Waals surface area contributed by atoms with Crippen LogP contribution in [0.3, 0.4) is 0 Å². The van der Waals surface area contributed by atoms with Gasteiger partial charge in [-0.25, -0.2) is 0 Å². The van der Waals surface area contributed by atoms with E-state index in [1.165, 1.54) is 27.2 Å². The Morgan fingerprint density at radius 3 is 2.60 bits per heavy atom. The summed E-state index contributed by atoms with van der Waals surface area (Å²) in [6.45, 7) is 1.06. The largest absolute Gasteiger partial charge is 0.493 e. The van der Waals surface area contributed by atoms with Crippen LogP contribution in [0.4, 0.5) is 0 Å². The molecule has 0 unspecified atom stereocenters. The fraction of sp³-hybridized carbons (Fsp3) is 0.235. The van der Waals surface area contributed by atoms with Crippen LogP contribution < -0.4 is 14.0 Å². The Labute approximate surface area is 117 Å². The van der Waals surface area contributed by atoms with Gasteiger partial charge in [0.05, 0.1) is 25.0 Å². The number of rotatable bonds is 2. The van der Waals surface area contributed by atoms with E-state index in [0.29, 0.717) is 0 Å². The van der Waals surface area contributed by atoms with Crippen molar-refractivity contribution in [1.82, 2.24) is 0 Å². The van der Waals surface area contributed by atoms with E-state index in [2.05, 4.69) is 41.1 Å². The number of para-hydroxylation sites is 1. The highest BCUT2D eigenvalue weighted by Gasteiger charge is 2.24. The summed E-state index contributed by atoms with van der Waals surface area (Å²) in [5, 5.41) is 3.70. The molecule has 0 aliphatic carbocycles. The second kappa shape index (κ2) is 4.10. The van der Waals surface area contributed by atoms with Gasteiger partial charge in [-0.1, -0.05) is 12.1 Å². The molecular formula is C17H16NO2+. The number of hydrogen-bond acceptors (Lipinski definition) is 2. The van der Waals surface area contributed by atoms with Crippen molar-refractivity contribution in [2.24, 2.45) is 0 Å². The monoisotopic (exact) mass is 266 g/mol. The number of methoxy groups -OCH3 is 2. The van der Waals surface area contributed by atoms with Crippen molar-refractivity contribution < 1.29 is 14.0 Å². The van der Waals surface area contributed by atoms with Crippen LogP contribution in [-0.4, -0.2) is 14.2 Å². The van der Waals surface area contributed by atoms with E-state index in [9.17, 15) is 0 Å². The van der Waals surface area contributed by atoms with E-state index in [1.54, 1.807) is 14.2 Å². The van der Waals surface area contributed by atoms with Crippen molar-refractivity contribution in [3.05, 3.63) is 42.1 Å². The van der Waals surface area contributed by atoms with E-state index in [0.717, 1.165) is 24.5 Å². The zero-order valence-corrected chi connectivity index (χ0v) is 11.6. The highest BCUT2D eigenvalue weighted by Crippen LogP contribution is 2.35. The van der Waals surface area contributed by atoms with E-state index >= 15 is 0 Å². The lowest BCUT2D eigenvalue weighted by molar-refractivity contribution is -0.662. The smallest absolute Gasteiger partial charge is 0.216 e. The molecule has 0 N–H and O–H groups in total. The van der Waals surface area contributed by atoms with Crippen LogP contribution in [0.15, 0.2) is 36.5 Å². The summed E-state index contributed by atoms with van der Waals surface area (Å²) in [5.41, 5.74) is 2.78. The van der Waals surface area contributed by atoms with Gasteiger partial charge in [-0.05, 0) is 18.2 Å². The average Bonchev–Trinajstić information content (AvgIpc) is 2.91. The molecule has 3 aromatic rings. The van der Waals surface area contributed by atoms with Gasteiger partial charge in [0.15, 0.2) is 24.2 Å². The number of benzene rings is 2. The number of aryl methyl sites for hydroxylation is 2. The third-order valence-electron chi connectivity index (χ3n) is 4.17. The maximum atomic E-state index is 5.44. The van der Waals surface area contributed by atoms with Crippen LogP contribution in [0.5, 0.6) is 11.5 Å². The first-order valence-corrected chi connectivity index (χ1v) is 6.81. The van der Waals surface area contributed by atoms with Crippen LogP contribution in [0.1, 0.15) is 5.56 Å². The molecule has 1 aromatic heterocycles. The first kappa shape index (κ1) is 11.5. The Balaban J connectivity index is 2.18. The molecule has 0 fully saturated rings. The van der Waals surface area contributed by atoms with Crippen LogP contribution >= 0.6 is 0 Å². The second-order valence-electron chi connectivity index (χ2n) is 5.18. The van der Waals surface area contributed by atoms with Crippen LogP contribution in [0.2, 0.25) is 0 Å². The normalized spacial score (nSPS) is 13.1. The molecule has 2 aromatic carbocycles. The number of aromatic nitrogens is 1. The standard InChI is InChI=1S/C17H16NO2/c1-19-15-8-12-10-18-7-6-11-4-3-5-13(17(11)18)14(12)9-16(15)20-2/h3-5,8-10H,6-7H2,1-2H3/q+1. The molecule has 3 nitrogen and oxygen atoms in total. The van der Waals surface area contributed by atoms with Gasteiger partial charge >= 0.3 is 0 Å². The van der Waals surface area contributed by atoms with Crippen molar-refractivity contribution in [2.75, 3.05) is 14.2 Å². The molecular weight excluding hydrogens is 250 g/mol. The summed E-state index contributed by atoms with van der Waals surface area (Å²) in [6, 6.07) is 10.7. The number of hydrogen-bond donors (Lipinski definition) is 0. The van der Waals surface area contributed by atoms with Crippen molar-refractivity contribution in [3.8, 4) is 11.5 Å². The number of nitrogens with zero attached hydrogens (tertiary/aromatic N) is 1. The van der Waals surface area contributed by atoms with Gasteiger partial charge in [0.1, 0.15) is 0 Å². The molecule has 0 amide bonds.